The van der Waals surface area contributed by atoms with Crippen LogP contribution in [0.4, 0.5) is 0 Å². The average molecular weight is 849 g/mol. The molecule has 9 heteroatoms. The topological polar surface area (TPSA) is 89.0 Å². The lowest BCUT2D eigenvalue weighted by Gasteiger charge is -2.08. The molecule has 0 unspecified atom stereocenters. The highest BCUT2D eigenvalue weighted by Crippen LogP contribution is 2.27. The van der Waals surface area contributed by atoms with Crippen molar-refractivity contribution in [3.63, 3.8) is 0 Å². The monoisotopic (exact) mass is 849 g/mol. The van der Waals surface area contributed by atoms with E-state index in [1.165, 1.54) is 38.8 Å². The molecule has 324 valence electrons. The van der Waals surface area contributed by atoms with Crippen LogP contribution in [0, 0.1) is 26.7 Å². The Morgan fingerprint density at radius 3 is 1.39 bits per heavy atom. The predicted molar refractivity (Wildman–Crippen MR) is 259 cm³/mol. The van der Waals surface area contributed by atoms with Crippen LogP contribution in [0.25, 0.3) is 67.1 Å². The Kier molecular flexibility index (Phi) is 13.9. The first-order valence-electron chi connectivity index (χ1n) is 22.3. The van der Waals surface area contributed by atoms with E-state index in [2.05, 4.69) is 203 Å². The van der Waals surface area contributed by atoms with E-state index in [1.807, 2.05) is 37.9 Å². The number of rotatable bonds is 7. The first-order valence-corrected chi connectivity index (χ1v) is 22.3. The fourth-order valence-corrected chi connectivity index (χ4v) is 8.25. The molecular formula is C55H62N9+3. The SMILES string of the molecule is Cc1ccccc1-c1nc2cncc(C(C)C)c2c[n+]1C.Cc1ccccc1-c1nc2nccc(C(C)C)c2c[n+]1C.Cc1ccccc1-c1nc2nccc(CC(C)C)c2c[n+]1C. The highest BCUT2D eigenvalue weighted by atomic mass is 15.1. The maximum absolute atomic E-state index is 4.85. The molecule has 0 saturated heterocycles. The third-order valence-corrected chi connectivity index (χ3v) is 11.7. The van der Waals surface area contributed by atoms with Gasteiger partial charge in [-0.25, -0.2) is 23.7 Å². The number of hydrogen-bond acceptors (Lipinski definition) is 6. The van der Waals surface area contributed by atoms with Crippen molar-refractivity contribution in [3.05, 3.63) is 162 Å². The zero-order valence-electron chi connectivity index (χ0n) is 39.6. The van der Waals surface area contributed by atoms with Gasteiger partial charge in [0.2, 0.25) is 5.52 Å². The number of aromatic nitrogens is 9. The van der Waals surface area contributed by atoms with Crippen molar-refractivity contribution in [2.75, 3.05) is 0 Å². The van der Waals surface area contributed by atoms with Crippen LogP contribution in [0.3, 0.4) is 0 Å². The van der Waals surface area contributed by atoms with Crippen LogP contribution in [0.5, 0.6) is 0 Å². The van der Waals surface area contributed by atoms with Crippen LogP contribution in [-0.2, 0) is 27.6 Å². The van der Waals surface area contributed by atoms with Gasteiger partial charge in [-0.2, -0.15) is 0 Å². The van der Waals surface area contributed by atoms with E-state index in [9.17, 15) is 0 Å². The molecule has 6 heterocycles. The molecule has 64 heavy (non-hydrogen) atoms. The van der Waals surface area contributed by atoms with Crippen LogP contribution < -0.4 is 13.7 Å². The quantitative estimate of drug-likeness (QED) is 0.148. The molecule has 6 aromatic heterocycles. The van der Waals surface area contributed by atoms with Crippen molar-refractivity contribution in [2.45, 2.75) is 80.6 Å². The molecule has 0 aliphatic carbocycles. The van der Waals surface area contributed by atoms with E-state index in [0.717, 1.165) is 68.2 Å². The second-order valence-corrected chi connectivity index (χ2v) is 17.9. The minimum absolute atomic E-state index is 0.437. The van der Waals surface area contributed by atoms with Crippen molar-refractivity contribution in [1.29, 1.82) is 0 Å². The predicted octanol–water partition coefficient (Wildman–Crippen LogP) is 10.7. The van der Waals surface area contributed by atoms with Gasteiger partial charge in [-0.15, -0.1) is 0 Å². The Bertz CT molecular complexity index is 2960. The van der Waals surface area contributed by atoms with Crippen LogP contribution in [0.1, 0.15) is 86.8 Å². The van der Waals surface area contributed by atoms with Gasteiger partial charge in [0, 0.05) is 18.6 Å². The smallest absolute Gasteiger partial charge is 0.260 e. The average Bonchev–Trinajstić information content (AvgIpc) is 3.26. The highest BCUT2D eigenvalue weighted by molar-refractivity contribution is 5.82. The number of hydrogen-bond donors (Lipinski definition) is 0. The molecule has 0 aliphatic heterocycles. The van der Waals surface area contributed by atoms with Gasteiger partial charge < -0.3 is 0 Å². The van der Waals surface area contributed by atoms with Crippen molar-refractivity contribution < 1.29 is 13.7 Å². The Labute approximate surface area is 378 Å². The van der Waals surface area contributed by atoms with Gasteiger partial charge in [-0.3, -0.25) is 4.98 Å². The lowest BCUT2D eigenvalue weighted by molar-refractivity contribution is -0.661. The maximum atomic E-state index is 4.85. The van der Waals surface area contributed by atoms with Gasteiger partial charge in [-0.05, 0) is 124 Å². The largest absolute Gasteiger partial charge is 0.333 e. The molecule has 0 spiro atoms. The first-order chi connectivity index (χ1) is 30.7. The van der Waals surface area contributed by atoms with E-state index < -0.39 is 0 Å². The van der Waals surface area contributed by atoms with Gasteiger partial charge in [0.1, 0.15) is 18.6 Å². The number of aryl methyl sites for hydroxylation is 6. The second-order valence-electron chi connectivity index (χ2n) is 17.9. The molecule has 0 fully saturated rings. The minimum atomic E-state index is 0.437. The lowest BCUT2D eigenvalue weighted by Crippen LogP contribution is -2.32. The number of pyridine rings is 3. The summed E-state index contributed by atoms with van der Waals surface area (Å²) in [5.74, 6) is 4.40. The van der Waals surface area contributed by atoms with Crippen molar-refractivity contribution in [3.8, 4) is 34.2 Å². The Balaban J connectivity index is 0.000000144. The normalized spacial score (nSPS) is 11.3. The third-order valence-electron chi connectivity index (χ3n) is 11.7. The summed E-state index contributed by atoms with van der Waals surface area (Å²) in [6.45, 7) is 19.6. The zero-order valence-corrected chi connectivity index (χ0v) is 39.6. The molecule has 0 radical (unpaired) electrons. The van der Waals surface area contributed by atoms with E-state index in [4.69, 9.17) is 15.0 Å². The summed E-state index contributed by atoms with van der Waals surface area (Å²) in [5, 5.41) is 3.46. The molecular weight excluding hydrogens is 787 g/mol. The Hall–Kier alpha value is -6.87. The number of benzene rings is 3. The summed E-state index contributed by atoms with van der Waals surface area (Å²) in [4.78, 5) is 27.8. The number of fused-ring (bicyclic) bond motifs is 3. The number of nitrogens with zero attached hydrogens (tertiary/aromatic N) is 9. The van der Waals surface area contributed by atoms with Gasteiger partial charge in [0.15, 0.2) is 0 Å². The molecule has 9 nitrogen and oxygen atoms in total. The highest BCUT2D eigenvalue weighted by Gasteiger charge is 2.22. The van der Waals surface area contributed by atoms with Crippen molar-refractivity contribution in [2.24, 2.45) is 27.1 Å². The third kappa shape index (κ3) is 9.84. The van der Waals surface area contributed by atoms with Crippen molar-refractivity contribution >= 4 is 33.0 Å². The van der Waals surface area contributed by atoms with E-state index in [1.54, 1.807) is 0 Å². The standard InChI is InChI=1S/C19H22N3.2C18H20N3/c1-13(2)11-15-9-10-20-18-17(15)12-22(4)19(21-18)16-8-6-5-7-14(16)3;1-12(2)15-9-19-10-17-16(15)11-21(4)18(20-17)14-8-6-5-7-13(14)3;1-12(2)14-9-10-19-17-16(14)11-21(4)18(20-17)15-8-6-5-7-13(15)3/h5-10,12-13H,11H2,1-4H3;2*5-12H,1-4H3/q3*+1. The van der Waals surface area contributed by atoms with E-state index in [0.29, 0.717) is 17.8 Å². The fourth-order valence-electron chi connectivity index (χ4n) is 8.25. The Morgan fingerprint density at radius 1 is 0.469 bits per heavy atom. The molecule has 0 aliphatic rings. The van der Waals surface area contributed by atoms with Crippen LogP contribution in [-0.4, -0.2) is 29.9 Å². The molecule has 0 bridgehead atoms. The molecule has 0 amide bonds. The Morgan fingerprint density at radius 2 is 0.906 bits per heavy atom. The first kappa shape index (κ1) is 45.2. The molecule has 9 rings (SSSR count). The summed E-state index contributed by atoms with van der Waals surface area (Å²) in [7, 11) is 6.16. The van der Waals surface area contributed by atoms with Crippen LogP contribution >= 0.6 is 0 Å². The fraction of sp³-hybridized carbons (Fsp3) is 0.291. The van der Waals surface area contributed by atoms with Gasteiger partial charge in [0.25, 0.3) is 11.3 Å². The molecule has 0 N–H and O–H groups in total. The van der Waals surface area contributed by atoms with Crippen LogP contribution in [0.15, 0.2) is 128 Å². The van der Waals surface area contributed by atoms with Gasteiger partial charge in [-0.1, -0.05) is 96.1 Å². The summed E-state index contributed by atoms with van der Waals surface area (Å²) in [6.07, 6.45) is 15.0. The minimum Gasteiger partial charge on any atom is -0.260 e. The lowest BCUT2D eigenvalue weighted by atomic mass is 10.0. The summed E-state index contributed by atoms with van der Waals surface area (Å²) < 4.78 is 6.31. The van der Waals surface area contributed by atoms with E-state index >= 15 is 0 Å². The van der Waals surface area contributed by atoms with Gasteiger partial charge in [0.05, 0.1) is 60.2 Å². The molecule has 9 aromatic rings. The molecule has 3 aromatic carbocycles. The zero-order chi connectivity index (χ0) is 45.7. The maximum Gasteiger partial charge on any atom is 0.333 e. The summed E-state index contributed by atoms with van der Waals surface area (Å²) >= 11 is 0. The van der Waals surface area contributed by atoms with Gasteiger partial charge >= 0.3 is 17.5 Å². The second kappa shape index (κ2) is 19.7. The summed E-state index contributed by atoms with van der Waals surface area (Å²) in [6, 6.07) is 29.2. The van der Waals surface area contributed by atoms with Crippen molar-refractivity contribution in [1.82, 2.24) is 29.9 Å². The van der Waals surface area contributed by atoms with Crippen LogP contribution in [0.2, 0.25) is 0 Å². The molecule has 0 saturated carbocycles. The molecule has 0 atom stereocenters. The summed E-state index contributed by atoms with van der Waals surface area (Å²) in [5.41, 5.74) is 13.6. The van der Waals surface area contributed by atoms with E-state index in [-0.39, 0.29) is 0 Å².